The van der Waals surface area contributed by atoms with Gasteiger partial charge in [-0.15, -0.1) is 0 Å². The van der Waals surface area contributed by atoms with Crippen molar-refractivity contribution in [3.63, 3.8) is 0 Å². The Bertz CT molecular complexity index is 583. The molecule has 0 amide bonds. The summed E-state index contributed by atoms with van der Waals surface area (Å²) in [6, 6.07) is 7.71. The van der Waals surface area contributed by atoms with E-state index in [1.54, 1.807) is 0 Å². The highest BCUT2D eigenvalue weighted by Gasteiger charge is 2.08. The summed E-state index contributed by atoms with van der Waals surface area (Å²) >= 11 is 1.27. The number of nitrogens with zero attached hydrogens (tertiary/aromatic N) is 1. The third-order valence-corrected chi connectivity index (χ3v) is 4.24. The van der Waals surface area contributed by atoms with Crippen LogP contribution < -0.4 is 10.6 Å². The first-order valence-electron chi connectivity index (χ1n) is 7.26. The van der Waals surface area contributed by atoms with Crippen LogP contribution in [0.15, 0.2) is 34.4 Å². The molecular formula is C16H22N2OS. The van der Waals surface area contributed by atoms with Crippen LogP contribution in [-0.4, -0.2) is 4.57 Å². The normalized spacial score (nSPS) is 10.8. The quantitative estimate of drug-likeness (QED) is 0.615. The Hall–Kier alpha value is -1.55. The summed E-state index contributed by atoms with van der Waals surface area (Å²) in [5.74, 6) is 0. The van der Waals surface area contributed by atoms with Crippen LogP contribution >= 0.6 is 11.3 Å². The predicted molar refractivity (Wildman–Crippen MR) is 87.2 cm³/mol. The monoisotopic (exact) mass is 290 g/mol. The fraction of sp³-hybridized carbons (Fsp3) is 0.438. The molecule has 1 aromatic carbocycles. The van der Waals surface area contributed by atoms with Crippen molar-refractivity contribution in [2.75, 3.05) is 5.73 Å². The van der Waals surface area contributed by atoms with Gasteiger partial charge in [-0.3, -0.25) is 9.36 Å². The average molecular weight is 290 g/mol. The topological polar surface area (TPSA) is 48.0 Å². The zero-order valence-electron chi connectivity index (χ0n) is 12.0. The standard InChI is InChI=1S/C16H22N2OS/c1-2-3-4-5-6-11-18-15(12-20-16(18)19)13-7-9-14(17)10-8-13/h7-10,12H,2-6,11,17H2,1H3. The lowest BCUT2D eigenvalue weighted by Crippen LogP contribution is -2.14. The fourth-order valence-electron chi connectivity index (χ4n) is 2.29. The maximum Gasteiger partial charge on any atom is 0.307 e. The molecule has 0 saturated heterocycles. The Balaban J connectivity index is 2.07. The first-order valence-corrected chi connectivity index (χ1v) is 8.14. The SMILES string of the molecule is CCCCCCCn1c(-c2ccc(N)cc2)csc1=O. The molecule has 108 valence electrons. The minimum atomic E-state index is 0.132. The Morgan fingerprint density at radius 1 is 1.10 bits per heavy atom. The maximum absolute atomic E-state index is 12.0. The fourth-order valence-corrected chi connectivity index (χ4v) is 3.09. The molecule has 0 aliphatic rings. The summed E-state index contributed by atoms with van der Waals surface area (Å²) in [6.45, 7) is 3.02. The van der Waals surface area contributed by atoms with Gasteiger partial charge >= 0.3 is 4.87 Å². The van der Waals surface area contributed by atoms with Crippen LogP contribution in [0.5, 0.6) is 0 Å². The van der Waals surface area contributed by atoms with E-state index in [2.05, 4.69) is 6.92 Å². The summed E-state index contributed by atoms with van der Waals surface area (Å²) in [7, 11) is 0. The zero-order chi connectivity index (χ0) is 14.4. The van der Waals surface area contributed by atoms with E-state index in [-0.39, 0.29) is 4.87 Å². The summed E-state index contributed by atoms with van der Waals surface area (Å²) in [6.07, 6.45) is 6.04. The van der Waals surface area contributed by atoms with Gasteiger partial charge in [0.25, 0.3) is 0 Å². The number of nitrogen functional groups attached to an aromatic ring is 1. The minimum absolute atomic E-state index is 0.132. The number of thiazole rings is 1. The van der Waals surface area contributed by atoms with Gasteiger partial charge in [0.05, 0.1) is 5.69 Å². The molecule has 2 aromatic rings. The van der Waals surface area contributed by atoms with Crippen LogP contribution in [0, 0.1) is 0 Å². The van der Waals surface area contributed by atoms with E-state index in [0.717, 1.165) is 29.9 Å². The number of nitrogens with two attached hydrogens (primary N) is 1. The molecule has 0 bridgehead atoms. The molecule has 0 spiro atoms. The molecule has 1 heterocycles. The van der Waals surface area contributed by atoms with E-state index in [1.165, 1.54) is 37.0 Å². The van der Waals surface area contributed by atoms with Crippen LogP contribution in [0.3, 0.4) is 0 Å². The van der Waals surface area contributed by atoms with Crippen LogP contribution in [0.4, 0.5) is 5.69 Å². The molecule has 0 unspecified atom stereocenters. The number of benzene rings is 1. The minimum Gasteiger partial charge on any atom is -0.399 e. The molecule has 0 aliphatic carbocycles. The number of unbranched alkanes of at least 4 members (excludes halogenated alkanes) is 4. The molecule has 0 saturated carbocycles. The number of hydrogen-bond donors (Lipinski definition) is 1. The van der Waals surface area contributed by atoms with Gasteiger partial charge in [0.15, 0.2) is 0 Å². The molecule has 0 aliphatic heterocycles. The van der Waals surface area contributed by atoms with Crippen LogP contribution in [0.1, 0.15) is 39.0 Å². The van der Waals surface area contributed by atoms with Crippen LogP contribution in [0.25, 0.3) is 11.3 Å². The Morgan fingerprint density at radius 3 is 2.50 bits per heavy atom. The van der Waals surface area contributed by atoms with Crippen molar-refractivity contribution in [3.8, 4) is 11.3 Å². The molecule has 0 fully saturated rings. The molecular weight excluding hydrogens is 268 g/mol. The molecule has 2 rings (SSSR count). The smallest absolute Gasteiger partial charge is 0.307 e. The molecule has 1 aromatic heterocycles. The van der Waals surface area contributed by atoms with Crippen molar-refractivity contribution >= 4 is 17.0 Å². The maximum atomic E-state index is 12.0. The van der Waals surface area contributed by atoms with Crippen molar-refractivity contribution in [2.45, 2.75) is 45.6 Å². The zero-order valence-corrected chi connectivity index (χ0v) is 12.8. The molecule has 0 atom stereocenters. The van der Waals surface area contributed by atoms with Crippen LogP contribution in [0.2, 0.25) is 0 Å². The molecule has 0 radical (unpaired) electrons. The van der Waals surface area contributed by atoms with Gasteiger partial charge in [-0.05, 0) is 24.1 Å². The van der Waals surface area contributed by atoms with Gasteiger partial charge in [0, 0.05) is 17.6 Å². The van der Waals surface area contributed by atoms with Crippen LogP contribution in [-0.2, 0) is 6.54 Å². The summed E-state index contributed by atoms with van der Waals surface area (Å²) in [4.78, 5) is 12.1. The van der Waals surface area contributed by atoms with E-state index >= 15 is 0 Å². The van der Waals surface area contributed by atoms with Crippen molar-refractivity contribution < 1.29 is 0 Å². The van der Waals surface area contributed by atoms with Gasteiger partial charge in [-0.2, -0.15) is 0 Å². The predicted octanol–water partition coefficient (Wildman–Crippen LogP) is 4.13. The molecule has 20 heavy (non-hydrogen) atoms. The third kappa shape index (κ3) is 3.73. The molecule has 3 nitrogen and oxygen atoms in total. The van der Waals surface area contributed by atoms with Crippen molar-refractivity contribution in [1.82, 2.24) is 4.57 Å². The van der Waals surface area contributed by atoms with Crippen molar-refractivity contribution in [3.05, 3.63) is 39.3 Å². The lowest BCUT2D eigenvalue weighted by Gasteiger charge is -2.08. The van der Waals surface area contributed by atoms with Gasteiger partial charge in [0.2, 0.25) is 0 Å². The number of aromatic nitrogens is 1. The third-order valence-electron chi connectivity index (χ3n) is 3.47. The molecule has 4 heteroatoms. The van der Waals surface area contributed by atoms with E-state index in [9.17, 15) is 4.79 Å². The lowest BCUT2D eigenvalue weighted by atomic mass is 10.1. The lowest BCUT2D eigenvalue weighted by molar-refractivity contribution is 0.567. The van der Waals surface area contributed by atoms with E-state index in [0.29, 0.717) is 0 Å². The van der Waals surface area contributed by atoms with E-state index in [1.807, 2.05) is 34.2 Å². The largest absolute Gasteiger partial charge is 0.399 e. The van der Waals surface area contributed by atoms with Gasteiger partial charge in [-0.25, -0.2) is 0 Å². The first-order chi connectivity index (χ1) is 9.72. The van der Waals surface area contributed by atoms with E-state index < -0.39 is 0 Å². The van der Waals surface area contributed by atoms with Gasteiger partial charge in [0.1, 0.15) is 0 Å². The highest BCUT2D eigenvalue weighted by atomic mass is 32.1. The number of rotatable bonds is 7. The van der Waals surface area contributed by atoms with Crippen molar-refractivity contribution in [2.24, 2.45) is 0 Å². The average Bonchev–Trinajstić information content (AvgIpc) is 2.81. The Kier molecular flexibility index (Phi) is 5.41. The highest BCUT2D eigenvalue weighted by molar-refractivity contribution is 7.07. The highest BCUT2D eigenvalue weighted by Crippen LogP contribution is 2.21. The van der Waals surface area contributed by atoms with Gasteiger partial charge in [-0.1, -0.05) is 56.1 Å². The molecule has 2 N–H and O–H groups in total. The second-order valence-corrected chi connectivity index (χ2v) is 5.90. The summed E-state index contributed by atoms with van der Waals surface area (Å²) < 4.78 is 1.89. The number of anilines is 1. The summed E-state index contributed by atoms with van der Waals surface area (Å²) in [5.41, 5.74) is 8.53. The van der Waals surface area contributed by atoms with Crippen molar-refractivity contribution in [1.29, 1.82) is 0 Å². The second-order valence-electron chi connectivity index (χ2n) is 5.07. The first kappa shape index (κ1) is 14.9. The Morgan fingerprint density at radius 2 is 1.80 bits per heavy atom. The van der Waals surface area contributed by atoms with Gasteiger partial charge < -0.3 is 5.73 Å². The Labute approximate surface area is 124 Å². The summed E-state index contributed by atoms with van der Waals surface area (Å²) in [5, 5.41) is 1.94. The number of hydrogen-bond acceptors (Lipinski definition) is 3. The second kappa shape index (κ2) is 7.29. The van der Waals surface area contributed by atoms with E-state index in [4.69, 9.17) is 5.73 Å².